The molecule has 116 valence electrons. The number of halogens is 2. The fraction of sp³-hybridized carbons (Fsp3) is 0. The van der Waals surface area contributed by atoms with E-state index in [1.807, 2.05) is 0 Å². The van der Waals surface area contributed by atoms with Crippen molar-refractivity contribution in [1.82, 2.24) is 0 Å². The zero-order valence-electron chi connectivity index (χ0n) is 11.9. The number of amides is 1. The van der Waals surface area contributed by atoms with E-state index in [9.17, 15) is 9.18 Å². The van der Waals surface area contributed by atoms with Crippen LogP contribution >= 0.6 is 11.6 Å². The van der Waals surface area contributed by atoms with Gasteiger partial charge in [-0.25, -0.2) is 4.39 Å². The molecule has 3 rings (SSSR count). The van der Waals surface area contributed by atoms with Crippen LogP contribution in [0.15, 0.2) is 65.3 Å². The van der Waals surface area contributed by atoms with Crippen molar-refractivity contribution >= 4 is 34.6 Å². The molecule has 1 aromatic heterocycles. The van der Waals surface area contributed by atoms with Crippen LogP contribution in [0.2, 0.25) is 5.02 Å². The summed E-state index contributed by atoms with van der Waals surface area (Å²) in [7, 11) is 0. The van der Waals surface area contributed by atoms with Gasteiger partial charge in [-0.3, -0.25) is 9.69 Å². The van der Waals surface area contributed by atoms with Gasteiger partial charge < -0.3 is 10.2 Å². The van der Waals surface area contributed by atoms with E-state index >= 15 is 0 Å². The van der Waals surface area contributed by atoms with E-state index in [0.717, 1.165) is 0 Å². The lowest BCUT2D eigenvalue weighted by Crippen LogP contribution is -2.26. The maximum atomic E-state index is 14.2. The second-order valence-electron chi connectivity index (χ2n) is 4.78. The van der Waals surface area contributed by atoms with Gasteiger partial charge in [-0.15, -0.1) is 0 Å². The molecule has 23 heavy (non-hydrogen) atoms. The average Bonchev–Trinajstić information content (AvgIpc) is 3.07. The summed E-state index contributed by atoms with van der Waals surface area (Å²) in [6.07, 6.45) is 1.38. The van der Waals surface area contributed by atoms with E-state index in [-0.39, 0.29) is 16.5 Å². The first kappa shape index (κ1) is 15.1. The Kier molecular flexibility index (Phi) is 4.04. The summed E-state index contributed by atoms with van der Waals surface area (Å²) in [6, 6.07) is 13.7. The molecule has 2 aromatic carbocycles. The summed E-state index contributed by atoms with van der Waals surface area (Å²) in [5.74, 6) is -0.970. The van der Waals surface area contributed by atoms with Gasteiger partial charge in [0.1, 0.15) is 5.82 Å². The summed E-state index contributed by atoms with van der Waals surface area (Å²) >= 11 is 6.03. The Morgan fingerprint density at radius 3 is 2.57 bits per heavy atom. The number of hydrogen-bond donors (Lipinski definition) is 1. The Bertz CT molecular complexity index is 850. The molecule has 0 atom stereocenters. The summed E-state index contributed by atoms with van der Waals surface area (Å²) in [5.41, 5.74) is 6.55. The van der Waals surface area contributed by atoms with E-state index in [4.69, 9.17) is 21.8 Å². The predicted octanol–water partition coefficient (Wildman–Crippen LogP) is 4.63. The van der Waals surface area contributed by atoms with Crippen LogP contribution in [0.3, 0.4) is 0 Å². The van der Waals surface area contributed by atoms with Crippen LogP contribution in [0, 0.1) is 5.82 Å². The van der Waals surface area contributed by atoms with Gasteiger partial charge in [0.15, 0.2) is 5.76 Å². The van der Waals surface area contributed by atoms with Gasteiger partial charge in [-0.1, -0.05) is 23.7 Å². The molecule has 2 N–H and O–H groups in total. The first-order chi connectivity index (χ1) is 11.1. The molecular weight excluding hydrogens is 319 g/mol. The van der Waals surface area contributed by atoms with Crippen molar-refractivity contribution in [3.63, 3.8) is 0 Å². The van der Waals surface area contributed by atoms with E-state index < -0.39 is 11.7 Å². The highest BCUT2D eigenvalue weighted by Crippen LogP contribution is 2.33. The largest absolute Gasteiger partial charge is 0.459 e. The third-order valence-electron chi connectivity index (χ3n) is 3.27. The fourth-order valence-corrected chi connectivity index (χ4v) is 2.34. The average molecular weight is 331 g/mol. The molecular formula is C17H12ClFN2O2. The van der Waals surface area contributed by atoms with Crippen molar-refractivity contribution in [3.05, 3.63) is 77.5 Å². The number of nitrogens with two attached hydrogens (primary N) is 1. The van der Waals surface area contributed by atoms with Gasteiger partial charge in [0, 0.05) is 0 Å². The Balaban J connectivity index is 2.15. The van der Waals surface area contributed by atoms with Crippen LogP contribution in [0.4, 0.5) is 21.5 Å². The first-order valence-electron chi connectivity index (χ1n) is 6.75. The van der Waals surface area contributed by atoms with Crippen LogP contribution < -0.4 is 10.6 Å². The topological polar surface area (TPSA) is 59.5 Å². The summed E-state index contributed by atoms with van der Waals surface area (Å²) in [5, 5.41) is 0.274. The van der Waals surface area contributed by atoms with Crippen molar-refractivity contribution in [2.24, 2.45) is 0 Å². The Morgan fingerprint density at radius 1 is 1.13 bits per heavy atom. The smallest absolute Gasteiger partial charge is 0.298 e. The second-order valence-corrected chi connectivity index (χ2v) is 5.18. The summed E-state index contributed by atoms with van der Waals surface area (Å²) in [4.78, 5) is 13.9. The highest BCUT2D eigenvalue weighted by molar-refractivity contribution is 6.33. The maximum Gasteiger partial charge on any atom is 0.298 e. The van der Waals surface area contributed by atoms with E-state index in [1.54, 1.807) is 30.3 Å². The van der Waals surface area contributed by atoms with Gasteiger partial charge in [0.05, 0.1) is 28.3 Å². The monoisotopic (exact) mass is 330 g/mol. The van der Waals surface area contributed by atoms with Gasteiger partial charge in [-0.05, 0) is 42.5 Å². The number of carbonyl (C=O) groups is 1. The molecule has 0 bridgehead atoms. The molecule has 0 radical (unpaired) electrons. The van der Waals surface area contributed by atoms with Crippen molar-refractivity contribution in [1.29, 1.82) is 0 Å². The van der Waals surface area contributed by atoms with Crippen LogP contribution in [-0.2, 0) is 0 Å². The normalized spacial score (nSPS) is 10.5. The molecule has 0 fully saturated rings. The zero-order chi connectivity index (χ0) is 16.4. The van der Waals surface area contributed by atoms with Crippen molar-refractivity contribution in [2.45, 2.75) is 0 Å². The molecule has 0 unspecified atom stereocenters. The molecule has 6 heteroatoms. The van der Waals surface area contributed by atoms with Crippen LogP contribution in [0.5, 0.6) is 0 Å². The van der Waals surface area contributed by atoms with E-state index in [0.29, 0.717) is 11.4 Å². The highest BCUT2D eigenvalue weighted by atomic mass is 35.5. The Labute approximate surface area is 136 Å². The number of rotatable bonds is 3. The minimum atomic E-state index is -0.541. The van der Waals surface area contributed by atoms with Gasteiger partial charge in [0.2, 0.25) is 0 Å². The molecule has 0 spiro atoms. The number of para-hydroxylation sites is 1. The molecule has 0 saturated carbocycles. The molecule has 0 aliphatic rings. The third-order valence-corrected chi connectivity index (χ3v) is 3.60. The highest BCUT2D eigenvalue weighted by Gasteiger charge is 2.24. The number of anilines is 3. The lowest BCUT2D eigenvalue weighted by atomic mass is 10.2. The first-order valence-corrected chi connectivity index (χ1v) is 7.13. The van der Waals surface area contributed by atoms with Crippen LogP contribution in [0.25, 0.3) is 0 Å². The minimum Gasteiger partial charge on any atom is -0.459 e. The number of hydrogen-bond acceptors (Lipinski definition) is 3. The number of carbonyl (C=O) groups excluding carboxylic acids is 1. The predicted molar refractivity (Wildman–Crippen MR) is 87.4 cm³/mol. The molecule has 0 aliphatic carbocycles. The number of benzene rings is 2. The number of nitrogen functional groups attached to an aromatic ring is 1. The zero-order valence-corrected chi connectivity index (χ0v) is 12.6. The standard InChI is InChI=1S/C17H12ClFN2O2/c18-12-10-11(7-8-14(12)20)21(15-5-2-1-4-13(15)19)17(22)16-6-3-9-23-16/h1-10H,20H2. The molecule has 4 nitrogen and oxygen atoms in total. The van der Waals surface area contributed by atoms with Crippen molar-refractivity contribution in [2.75, 3.05) is 10.6 Å². The quantitative estimate of drug-likeness (QED) is 0.712. The van der Waals surface area contributed by atoms with E-state index in [2.05, 4.69) is 0 Å². The Hall–Kier alpha value is -2.79. The molecule has 3 aromatic rings. The van der Waals surface area contributed by atoms with Crippen molar-refractivity contribution < 1.29 is 13.6 Å². The number of furan rings is 1. The molecule has 1 heterocycles. The van der Waals surface area contributed by atoms with Crippen LogP contribution in [-0.4, -0.2) is 5.91 Å². The van der Waals surface area contributed by atoms with Gasteiger partial charge in [-0.2, -0.15) is 0 Å². The lowest BCUT2D eigenvalue weighted by Gasteiger charge is -2.23. The third kappa shape index (κ3) is 2.91. The van der Waals surface area contributed by atoms with Gasteiger partial charge >= 0.3 is 0 Å². The molecule has 0 aliphatic heterocycles. The molecule has 1 amide bonds. The van der Waals surface area contributed by atoms with Gasteiger partial charge in [0.25, 0.3) is 5.91 Å². The molecule has 0 saturated heterocycles. The van der Waals surface area contributed by atoms with E-state index in [1.165, 1.54) is 35.4 Å². The second kappa shape index (κ2) is 6.14. The fourth-order valence-electron chi connectivity index (χ4n) is 2.16. The minimum absolute atomic E-state index is 0.0844. The lowest BCUT2D eigenvalue weighted by molar-refractivity contribution is 0.0972. The number of nitrogens with zero attached hydrogens (tertiary/aromatic N) is 1. The maximum absolute atomic E-state index is 14.2. The van der Waals surface area contributed by atoms with Crippen molar-refractivity contribution in [3.8, 4) is 0 Å². The summed E-state index contributed by atoms with van der Waals surface area (Å²) < 4.78 is 19.4. The SMILES string of the molecule is Nc1ccc(N(C(=O)c2ccco2)c2ccccc2F)cc1Cl. The van der Waals surface area contributed by atoms with Crippen LogP contribution in [0.1, 0.15) is 10.6 Å². The Morgan fingerprint density at radius 2 is 1.91 bits per heavy atom. The summed E-state index contributed by atoms with van der Waals surface area (Å²) in [6.45, 7) is 0.